The summed E-state index contributed by atoms with van der Waals surface area (Å²) in [5, 5.41) is 3.70. The third-order valence-corrected chi connectivity index (χ3v) is 4.15. The maximum Gasteiger partial charge on any atom is 0.00967 e. The normalized spacial score (nSPS) is 25.8. The molecule has 1 nitrogen and oxygen atoms in total. The summed E-state index contributed by atoms with van der Waals surface area (Å²) >= 11 is 0. The lowest BCUT2D eigenvalue weighted by Gasteiger charge is -2.26. The zero-order chi connectivity index (χ0) is 10.9. The van der Waals surface area contributed by atoms with E-state index in [1.807, 2.05) is 0 Å². The average Bonchev–Trinajstić information content (AvgIpc) is 2.69. The Morgan fingerprint density at radius 1 is 1.13 bits per heavy atom. The quantitative estimate of drug-likeness (QED) is 0.744. The van der Waals surface area contributed by atoms with Crippen molar-refractivity contribution in [1.29, 1.82) is 0 Å². The molecule has 0 heterocycles. The van der Waals surface area contributed by atoms with Gasteiger partial charge in [-0.2, -0.15) is 0 Å². The van der Waals surface area contributed by atoms with E-state index in [2.05, 4.69) is 26.1 Å². The lowest BCUT2D eigenvalue weighted by molar-refractivity contribution is 0.302. The Hall–Kier alpha value is -0.0400. The van der Waals surface area contributed by atoms with Gasteiger partial charge in [0, 0.05) is 12.1 Å². The number of hydrogen-bond acceptors (Lipinski definition) is 1. The van der Waals surface area contributed by atoms with Crippen molar-refractivity contribution in [2.45, 2.75) is 71.3 Å². The molecule has 0 spiro atoms. The standard InChI is InChI=1S/C14H27N/c1-13(2,3)15-11-14(8-9-14)10-12-6-4-5-7-12/h12,15H,4-11H2,1-3H3. The van der Waals surface area contributed by atoms with Crippen LogP contribution in [0.5, 0.6) is 0 Å². The highest BCUT2D eigenvalue weighted by molar-refractivity contribution is 4.98. The molecule has 2 aliphatic carbocycles. The number of hydrogen-bond donors (Lipinski definition) is 1. The zero-order valence-electron chi connectivity index (χ0n) is 10.7. The van der Waals surface area contributed by atoms with Crippen LogP contribution in [0.15, 0.2) is 0 Å². The van der Waals surface area contributed by atoms with E-state index in [-0.39, 0.29) is 0 Å². The molecular weight excluding hydrogens is 182 g/mol. The summed E-state index contributed by atoms with van der Waals surface area (Å²) in [6.45, 7) is 8.09. The molecule has 0 amide bonds. The van der Waals surface area contributed by atoms with E-state index < -0.39 is 0 Å². The first-order valence-electron chi connectivity index (χ1n) is 6.74. The van der Waals surface area contributed by atoms with Crippen LogP contribution < -0.4 is 5.32 Å². The van der Waals surface area contributed by atoms with Crippen molar-refractivity contribution in [1.82, 2.24) is 5.32 Å². The second-order valence-electron chi connectivity index (χ2n) is 6.96. The van der Waals surface area contributed by atoms with Crippen LogP contribution in [0.25, 0.3) is 0 Å². The molecule has 0 bridgehead atoms. The lowest BCUT2D eigenvalue weighted by atomic mass is 9.90. The molecule has 0 saturated heterocycles. The highest BCUT2D eigenvalue weighted by atomic mass is 15.0. The van der Waals surface area contributed by atoms with E-state index in [1.165, 1.54) is 51.5 Å². The minimum Gasteiger partial charge on any atom is -0.312 e. The van der Waals surface area contributed by atoms with Crippen molar-refractivity contribution in [3.05, 3.63) is 0 Å². The fourth-order valence-electron chi connectivity index (χ4n) is 2.91. The summed E-state index contributed by atoms with van der Waals surface area (Å²) in [5.41, 5.74) is 1.01. The van der Waals surface area contributed by atoms with Gasteiger partial charge in [0.15, 0.2) is 0 Å². The molecule has 0 aliphatic heterocycles. The van der Waals surface area contributed by atoms with Gasteiger partial charge in [0.25, 0.3) is 0 Å². The van der Waals surface area contributed by atoms with Gasteiger partial charge >= 0.3 is 0 Å². The monoisotopic (exact) mass is 209 g/mol. The minimum absolute atomic E-state index is 0.297. The van der Waals surface area contributed by atoms with Crippen LogP contribution in [0.2, 0.25) is 0 Å². The molecule has 2 rings (SSSR count). The van der Waals surface area contributed by atoms with Gasteiger partial charge in [0.05, 0.1) is 0 Å². The van der Waals surface area contributed by atoms with Gasteiger partial charge in [0.1, 0.15) is 0 Å². The summed E-state index contributed by atoms with van der Waals surface area (Å²) in [6, 6.07) is 0. The molecule has 1 heteroatoms. The summed E-state index contributed by atoms with van der Waals surface area (Å²) in [5.74, 6) is 1.06. The second-order valence-corrected chi connectivity index (χ2v) is 6.96. The molecule has 0 aromatic heterocycles. The Labute approximate surface area is 95.0 Å². The third-order valence-electron chi connectivity index (χ3n) is 4.15. The van der Waals surface area contributed by atoms with Crippen molar-refractivity contribution in [2.24, 2.45) is 11.3 Å². The molecule has 0 atom stereocenters. The molecule has 2 saturated carbocycles. The average molecular weight is 209 g/mol. The van der Waals surface area contributed by atoms with Gasteiger partial charge < -0.3 is 5.32 Å². The topological polar surface area (TPSA) is 12.0 Å². The molecule has 2 fully saturated rings. The van der Waals surface area contributed by atoms with E-state index >= 15 is 0 Å². The molecule has 2 aliphatic rings. The highest BCUT2D eigenvalue weighted by Gasteiger charge is 2.44. The SMILES string of the molecule is CC(C)(C)NCC1(CC2CCCC2)CC1. The van der Waals surface area contributed by atoms with E-state index in [9.17, 15) is 0 Å². The maximum absolute atomic E-state index is 3.70. The van der Waals surface area contributed by atoms with Crippen LogP contribution in [0.1, 0.15) is 65.7 Å². The van der Waals surface area contributed by atoms with Crippen LogP contribution >= 0.6 is 0 Å². The maximum atomic E-state index is 3.70. The number of nitrogens with one attached hydrogen (secondary N) is 1. The molecule has 0 radical (unpaired) electrons. The van der Waals surface area contributed by atoms with E-state index in [0.29, 0.717) is 11.0 Å². The molecule has 0 unspecified atom stereocenters. The van der Waals surface area contributed by atoms with Crippen LogP contribution in [0.3, 0.4) is 0 Å². The summed E-state index contributed by atoms with van der Waals surface area (Å²) < 4.78 is 0. The van der Waals surface area contributed by atoms with Gasteiger partial charge in [-0.15, -0.1) is 0 Å². The number of rotatable bonds is 4. The van der Waals surface area contributed by atoms with Gasteiger partial charge in [-0.1, -0.05) is 25.7 Å². The van der Waals surface area contributed by atoms with Crippen molar-refractivity contribution in [3.8, 4) is 0 Å². The first-order chi connectivity index (χ1) is 6.99. The molecule has 88 valence electrons. The Bertz CT molecular complexity index is 204. The van der Waals surface area contributed by atoms with Crippen LogP contribution in [0, 0.1) is 11.3 Å². The van der Waals surface area contributed by atoms with Crippen molar-refractivity contribution in [2.75, 3.05) is 6.54 Å². The largest absolute Gasteiger partial charge is 0.312 e. The predicted molar refractivity (Wildman–Crippen MR) is 66.0 cm³/mol. The van der Waals surface area contributed by atoms with Gasteiger partial charge in [0.2, 0.25) is 0 Å². The molecule has 15 heavy (non-hydrogen) atoms. The first-order valence-corrected chi connectivity index (χ1v) is 6.74. The first kappa shape index (κ1) is 11.4. The Balaban J connectivity index is 1.75. The van der Waals surface area contributed by atoms with Crippen LogP contribution in [0.4, 0.5) is 0 Å². The Morgan fingerprint density at radius 2 is 1.73 bits per heavy atom. The van der Waals surface area contributed by atoms with Crippen molar-refractivity contribution in [3.63, 3.8) is 0 Å². The van der Waals surface area contributed by atoms with E-state index in [4.69, 9.17) is 0 Å². The molecule has 1 N–H and O–H groups in total. The van der Waals surface area contributed by atoms with E-state index in [1.54, 1.807) is 0 Å². The van der Waals surface area contributed by atoms with Gasteiger partial charge in [-0.25, -0.2) is 0 Å². The summed E-state index contributed by atoms with van der Waals surface area (Å²) in [7, 11) is 0. The smallest absolute Gasteiger partial charge is 0.00967 e. The summed E-state index contributed by atoms with van der Waals surface area (Å²) in [4.78, 5) is 0. The minimum atomic E-state index is 0.297. The predicted octanol–water partition coefficient (Wildman–Crippen LogP) is 3.74. The van der Waals surface area contributed by atoms with Crippen molar-refractivity contribution < 1.29 is 0 Å². The highest BCUT2D eigenvalue weighted by Crippen LogP contribution is 2.52. The molecule has 0 aromatic carbocycles. The lowest BCUT2D eigenvalue weighted by Crippen LogP contribution is -2.40. The van der Waals surface area contributed by atoms with Crippen molar-refractivity contribution >= 4 is 0 Å². The van der Waals surface area contributed by atoms with Gasteiger partial charge in [-0.05, 0) is 51.4 Å². The second kappa shape index (κ2) is 4.08. The Kier molecular flexibility index (Phi) is 3.12. The Morgan fingerprint density at radius 3 is 2.20 bits per heavy atom. The molecule has 0 aromatic rings. The van der Waals surface area contributed by atoms with Gasteiger partial charge in [-0.3, -0.25) is 0 Å². The fraction of sp³-hybridized carbons (Fsp3) is 1.00. The third kappa shape index (κ3) is 3.48. The molecular formula is C14H27N. The summed E-state index contributed by atoms with van der Waals surface area (Å²) in [6.07, 6.45) is 10.5. The zero-order valence-corrected chi connectivity index (χ0v) is 10.7. The van der Waals surface area contributed by atoms with Crippen LogP contribution in [-0.4, -0.2) is 12.1 Å². The van der Waals surface area contributed by atoms with Crippen LogP contribution in [-0.2, 0) is 0 Å². The van der Waals surface area contributed by atoms with E-state index in [0.717, 1.165) is 5.92 Å². The fourth-order valence-corrected chi connectivity index (χ4v) is 2.91.